The summed E-state index contributed by atoms with van der Waals surface area (Å²) < 4.78 is 10.3. The molecule has 0 unspecified atom stereocenters. The smallest absolute Gasteiger partial charge is 0.280 e. The topological polar surface area (TPSA) is 106 Å². The molecule has 32 heavy (non-hydrogen) atoms. The van der Waals surface area contributed by atoms with Crippen LogP contribution in [0.3, 0.4) is 0 Å². The van der Waals surface area contributed by atoms with Crippen LogP contribution < -0.4 is 25.6 Å². The van der Waals surface area contributed by atoms with Gasteiger partial charge in [0, 0.05) is 5.56 Å². The molecular weight excluding hydrogens is 454 g/mol. The second-order valence-electron chi connectivity index (χ2n) is 6.53. The summed E-state index contributed by atoms with van der Waals surface area (Å²) in [5.41, 5.74) is 5.99. The van der Waals surface area contributed by atoms with Gasteiger partial charge in [-0.25, -0.2) is 0 Å². The minimum atomic E-state index is -0.527. The number of hydrogen-bond acceptors (Lipinski definition) is 6. The number of benzene rings is 2. The first-order chi connectivity index (χ1) is 15.3. The fourth-order valence-electron chi connectivity index (χ4n) is 2.81. The van der Waals surface area contributed by atoms with Gasteiger partial charge in [-0.1, -0.05) is 23.7 Å². The van der Waals surface area contributed by atoms with Crippen LogP contribution in [-0.2, 0) is 0 Å². The maximum absolute atomic E-state index is 12.6. The van der Waals surface area contributed by atoms with Crippen molar-refractivity contribution in [1.29, 1.82) is 0 Å². The molecule has 0 fully saturated rings. The van der Waals surface area contributed by atoms with E-state index in [0.29, 0.717) is 37.5 Å². The third-order valence-electron chi connectivity index (χ3n) is 4.41. The number of aryl methyl sites for hydroxylation is 1. The fraction of sp³-hybridized carbons (Fsp3) is 0.136. The molecule has 0 spiro atoms. The minimum Gasteiger partial charge on any atom is -0.493 e. The molecule has 0 bridgehead atoms. The number of thiophene rings is 1. The molecule has 2 aromatic carbocycles. The molecule has 1 aromatic heterocycles. The van der Waals surface area contributed by atoms with Crippen LogP contribution in [0.2, 0.25) is 5.02 Å². The Bertz CT molecular complexity index is 1180. The zero-order chi connectivity index (χ0) is 23.3. The van der Waals surface area contributed by atoms with E-state index in [9.17, 15) is 14.4 Å². The van der Waals surface area contributed by atoms with E-state index in [0.717, 1.165) is 11.3 Å². The van der Waals surface area contributed by atoms with E-state index in [-0.39, 0.29) is 11.5 Å². The van der Waals surface area contributed by atoms with Crippen LogP contribution in [0.4, 0.5) is 5.00 Å². The molecule has 0 aliphatic heterocycles. The molecular formula is C22H20ClN3O5S. The van der Waals surface area contributed by atoms with Crippen molar-refractivity contribution < 1.29 is 23.9 Å². The number of hydrazine groups is 1. The number of ether oxygens (including phenoxy) is 2. The lowest BCUT2D eigenvalue weighted by Gasteiger charge is -2.10. The van der Waals surface area contributed by atoms with E-state index in [2.05, 4.69) is 16.2 Å². The van der Waals surface area contributed by atoms with Crippen LogP contribution in [0.1, 0.15) is 36.0 Å². The summed E-state index contributed by atoms with van der Waals surface area (Å²) >= 11 is 7.13. The summed E-state index contributed by atoms with van der Waals surface area (Å²) in [5, 5.41) is 3.53. The van der Waals surface area contributed by atoms with Crippen molar-refractivity contribution in [2.75, 3.05) is 19.5 Å². The standard InChI is InChI=1S/C22H20ClN3O5S/c1-12-10-18(24-21(28)14-6-4-5-7-15(14)23)32-19(12)22(29)26-25-20(27)13-8-9-16(30-2)17(11-13)31-3/h4-11H,1-3H3,(H,24,28)(H,25,27)(H,26,29). The highest BCUT2D eigenvalue weighted by molar-refractivity contribution is 7.18. The first kappa shape index (κ1) is 23.1. The SMILES string of the molecule is COc1ccc(C(=O)NNC(=O)c2sc(NC(=O)c3ccccc3Cl)cc2C)cc1OC. The number of nitrogens with one attached hydrogen (secondary N) is 3. The monoisotopic (exact) mass is 473 g/mol. The number of hydrogen-bond donors (Lipinski definition) is 3. The maximum atomic E-state index is 12.6. The van der Waals surface area contributed by atoms with Gasteiger partial charge in [0.25, 0.3) is 17.7 Å². The Morgan fingerprint density at radius 1 is 0.875 bits per heavy atom. The summed E-state index contributed by atoms with van der Waals surface area (Å²) in [4.78, 5) is 37.7. The molecule has 3 aromatic rings. The zero-order valence-corrected chi connectivity index (χ0v) is 19.0. The van der Waals surface area contributed by atoms with Crippen LogP contribution in [0.5, 0.6) is 11.5 Å². The van der Waals surface area contributed by atoms with Crippen molar-refractivity contribution in [3.8, 4) is 11.5 Å². The van der Waals surface area contributed by atoms with Gasteiger partial charge in [0.1, 0.15) is 0 Å². The summed E-state index contributed by atoms with van der Waals surface area (Å²) in [7, 11) is 2.95. The van der Waals surface area contributed by atoms with Gasteiger partial charge in [0.05, 0.1) is 34.7 Å². The van der Waals surface area contributed by atoms with Crippen molar-refractivity contribution in [1.82, 2.24) is 10.9 Å². The van der Waals surface area contributed by atoms with Gasteiger partial charge >= 0.3 is 0 Å². The van der Waals surface area contributed by atoms with E-state index in [1.54, 1.807) is 49.4 Å². The highest BCUT2D eigenvalue weighted by atomic mass is 35.5. The minimum absolute atomic E-state index is 0.276. The quantitative estimate of drug-likeness (QED) is 0.468. The Hall–Kier alpha value is -3.56. The fourth-order valence-corrected chi connectivity index (χ4v) is 4.00. The number of amides is 3. The lowest BCUT2D eigenvalue weighted by molar-refractivity contribution is 0.0848. The van der Waals surface area contributed by atoms with Crippen molar-refractivity contribution in [2.24, 2.45) is 0 Å². The molecule has 0 saturated carbocycles. The van der Waals surface area contributed by atoms with Gasteiger partial charge in [0.2, 0.25) is 0 Å². The highest BCUT2D eigenvalue weighted by Crippen LogP contribution is 2.28. The first-order valence-corrected chi connectivity index (χ1v) is 10.5. The molecule has 3 rings (SSSR count). The Balaban J connectivity index is 1.65. The maximum Gasteiger partial charge on any atom is 0.280 e. The molecule has 8 nitrogen and oxygen atoms in total. The average molecular weight is 474 g/mol. The number of methoxy groups -OCH3 is 2. The Morgan fingerprint density at radius 3 is 2.25 bits per heavy atom. The third-order valence-corrected chi connectivity index (χ3v) is 5.90. The molecule has 3 N–H and O–H groups in total. The summed E-state index contributed by atoms with van der Waals surface area (Å²) in [6.07, 6.45) is 0. The average Bonchev–Trinajstić information content (AvgIpc) is 3.16. The molecule has 0 radical (unpaired) electrons. The van der Waals surface area contributed by atoms with Crippen molar-refractivity contribution in [3.63, 3.8) is 0 Å². The van der Waals surface area contributed by atoms with Gasteiger partial charge < -0.3 is 14.8 Å². The predicted molar refractivity (Wildman–Crippen MR) is 123 cm³/mol. The summed E-state index contributed by atoms with van der Waals surface area (Å²) in [6, 6.07) is 13.0. The molecule has 166 valence electrons. The van der Waals surface area contributed by atoms with Crippen LogP contribution in [0, 0.1) is 6.92 Å². The van der Waals surface area contributed by atoms with E-state index < -0.39 is 11.8 Å². The second kappa shape index (κ2) is 10.2. The molecule has 0 atom stereocenters. The first-order valence-electron chi connectivity index (χ1n) is 9.33. The molecule has 0 aliphatic carbocycles. The highest BCUT2D eigenvalue weighted by Gasteiger charge is 2.18. The van der Waals surface area contributed by atoms with Gasteiger partial charge in [0.15, 0.2) is 11.5 Å². The number of rotatable bonds is 6. The normalized spacial score (nSPS) is 10.2. The molecule has 0 aliphatic rings. The van der Waals surface area contributed by atoms with Gasteiger partial charge in [-0.15, -0.1) is 11.3 Å². The number of halogens is 1. The second-order valence-corrected chi connectivity index (χ2v) is 7.99. The van der Waals surface area contributed by atoms with Gasteiger partial charge in [-0.2, -0.15) is 0 Å². The number of anilines is 1. The number of carbonyl (C=O) groups is 3. The van der Waals surface area contributed by atoms with Crippen LogP contribution in [0.15, 0.2) is 48.5 Å². The van der Waals surface area contributed by atoms with E-state index in [1.165, 1.54) is 20.3 Å². The van der Waals surface area contributed by atoms with Crippen molar-refractivity contribution in [3.05, 3.63) is 75.1 Å². The lowest BCUT2D eigenvalue weighted by Crippen LogP contribution is -2.41. The Morgan fingerprint density at radius 2 is 1.56 bits per heavy atom. The largest absolute Gasteiger partial charge is 0.493 e. The van der Waals surface area contributed by atoms with Gasteiger partial charge in [-0.05, 0) is 48.9 Å². The van der Waals surface area contributed by atoms with Crippen molar-refractivity contribution in [2.45, 2.75) is 6.92 Å². The van der Waals surface area contributed by atoms with E-state index >= 15 is 0 Å². The Kier molecular flexibility index (Phi) is 7.34. The van der Waals surface area contributed by atoms with E-state index in [4.69, 9.17) is 21.1 Å². The molecule has 10 heteroatoms. The van der Waals surface area contributed by atoms with Crippen LogP contribution >= 0.6 is 22.9 Å². The zero-order valence-electron chi connectivity index (χ0n) is 17.4. The third kappa shape index (κ3) is 5.19. The molecule has 3 amide bonds. The molecule has 1 heterocycles. The lowest BCUT2D eigenvalue weighted by atomic mass is 10.2. The predicted octanol–water partition coefficient (Wildman–Crippen LogP) is 4.05. The summed E-state index contributed by atoms with van der Waals surface area (Å²) in [5.74, 6) is -0.556. The van der Waals surface area contributed by atoms with Crippen molar-refractivity contribution >= 4 is 45.7 Å². The van der Waals surface area contributed by atoms with Crippen LogP contribution in [0.25, 0.3) is 0 Å². The van der Waals surface area contributed by atoms with Crippen LogP contribution in [-0.4, -0.2) is 31.9 Å². The van der Waals surface area contributed by atoms with Gasteiger partial charge in [-0.3, -0.25) is 25.2 Å². The Labute approximate surface area is 193 Å². The van der Waals surface area contributed by atoms with E-state index in [1.807, 2.05) is 0 Å². The molecule has 0 saturated heterocycles. The number of carbonyl (C=O) groups excluding carboxylic acids is 3. The summed E-state index contributed by atoms with van der Waals surface area (Å²) in [6.45, 7) is 1.73.